The summed E-state index contributed by atoms with van der Waals surface area (Å²) in [4.78, 5) is 10.3. The number of hydrogen-bond donors (Lipinski definition) is 0. The lowest BCUT2D eigenvalue weighted by molar-refractivity contribution is -0.117. The van der Waals surface area contributed by atoms with Gasteiger partial charge in [0.05, 0.1) is 0 Å². The average Bonchev–Trinajstić information content (AvgIpc) is 2.30. The molecule has 0 saturated heterocycles. The van der Waals surface area contributed by atoms with Gasteiger partial charge in [0.2, 0.25) is 0 Å². The van der Waals surface area contributed by atoms with Gasteiger partial charge in [-0.05, 0) is 31.9 Å². The molecule has 0 amide bonds. The first-order valence-electron chi connectivity index (χ1n) is 7.34. The molecule has 0 bridgehead atoms. The van der Waals surface area contributed by atoms with Crippen molar-refractivity contribution in [2.75, 3.05) is 5.75 Å². The van der Waals surface area contributed by atoms with E-state index in [4.69, 9.17) is 0 Å². The molecule has 1 atom stereocenters. The van der Waals surface area contributed by atoms with Gasteiger partial charge in [-0.2, -0.15) is 11.8 Å². The Morgan fingerprint density at radius 3 is 2.28 bits per heavy atom. The van der Waals surface area contributed by atoms with Crippen LogP contribution in [0, 0.1) is 0 Å². The number of thioether (sulfide) groups is 1. The topological polar surface area (TPSA) is 17.1 Å². The zero-order chi connectivity index (χ0) is 14.2. The van der Waals surface area contributed by atoms with Crippen LogP contribution in [0.15, 0.2) is 12.2 Å². The number of carbonyl (C=O) groups is 1. The summed E-state index contributed by atoms with van der Waals surface area (Å²) in [5.41, 5.74) is 0. The van der Waals surface area contributed by atoms with Crippen molar-refractivity contribution >= 4 is 17.5 Å². The molecule has 0 aliphatic rings. The van der Waals surface area contributed by atoms with Crippen molar-refractivity contribution in [3.05, 3.63) is 12.2 Å². The van der Waals surface area contributed by atoms with Gasteiger partial charge in [0.1, 0.15) is 5.78 Å². The van der Waals surface area contributed by atoms with Crippen molar-refractivity contribution in [1.29, 1.82) is 0 Å². The molecule has 2 heteroatoms. The van der Waals surface area contributed by atoms with Crippen molar-refractivity contribution in [2.45, 2.75) is 78.4 Å². The zero-order valence-electron chi connectivity index (χ0n) is 13.0. The standard InChI is InChI=1S/C9H18S.C7H14O/c1-4-6-7-8-9(3)10-5-2;1-3-4-5-6-7(2)8/h6-7,9H,4-5,8H2,1-3H3;3-6H2,1-2H3. The summed E-state index contributed by atoms with van der Waals surface area (Å²) in [5, 5.41) is 0.799. The molecule has 0 aromatic heterocycles. The van der Waals surface area contributed by atoms with Crippen LogP contribution in [0.4, 0.5) is 0 Å². The largest absolute Gasteiger partial charge is 0.300 e. The van der Waals surface area contributed by atoms with E-state index in [0.29, 0.717) is 5.78 Å². The van der Waals surface area contributed by atoms with Crippen molar-refractivity contribution in [1.82, 2.24) is 0 Å². The van der Waals surface area contributed by atoms with E-state index in [-0.39, 0.29) is 0 Å². The molecule has 0 spiro atoms. The highest BCUT2D eigenvalue weighted by Gasteiger charge is 1.95. The Bertz CT molecular complexity index is 199. The third-order valence-electron chi connectivity index (χ3n) is 2.45. The van der Waals surface area contributed by atoms with Crippen molar-refractivity contribution < 1.29 is 4.79 Å². The molecular weight excluding hydrogens is 240 g/mol. The van der Waals surface area contributed by atoms with Crippen molar-refractivity contribution in [3.63, 3.8) is 0 Å². The molecule has 0 aromatic rings. The molecule has 0 fully saturated rings. The third-order valence-corrected chi connectivity index (χ3v) is 3.55. The van der Waals surface area contributed by atoms with E-state index in [1.165, 1.54) is 31.4 Å². The molecule has 0 aliphatic heterocycles. The monoisotopic (exact) mass is 272 g/mol. The summed E-state index contributed by atoms with van der Waals surface area (Å²) in [5.74, 6) is 1.56. The molecule has 0 saturated carbocycles. The predicted octanol–water partition coefficient (Wildman–Crippen LogP) is 5.64. The summed E-state index contributed by atoms with van der Waals surface area (Å²) >= 11 is 2.03. The summed E-state index contributed by atoms with van der Waals surface area (Å²) in [6.07, 6.45) is 11.2. The molecule has 0 aromatic carbocycles. The second kappa shape index (κ2) is 16.8. The number of hydrogen-bond acceptors (Lipinski definition) is 2. The van der Waals surface area contributed by atoms with Gasteiger partial charge in [-0.25, -0.2) is 0 Å². The van der Waals surface area contributed by atoms with E-state index in [1.54, 1.807) is 6.92 Å². The fourth-order valence-corrected chi connectivity index (χ4v) is 2.25. The lowest BCUT2D eigenvalue weighted by Crippen LogP contribution is -1.92. The van der Waals surface area contributed by atoms with Crippen LogP contribution in [0.25, 0.3) is 0 Å². The van der Waals surface area contributed by atoms with Crippen LogP contribution in [-0.2, 0) is 4.79 Å². The van der Waals surface area contributed by atoms with Crippen molar-refractivity contribution in [3.8, 4) is 0 Å². The maximum atomic E-state index is 10.3. The minimum atomic E-state index is 0.318. The third kappa shape index (κ3) is 21.1. The Morgan fingerprint density at radius 1 is 1.17 bits per heavy atom. The molecule has 1 nitrogen and oxygen atoms in total. The predicted molar refractivity (Wildman–Crippen MR) is 86.5 cm³/mol. The summed E-state index contributed by atoms with van der Waals surface area (Å²) in [7, 11) is 0. The maximum absolute atomic E-state index is 10.3. The maximum Gasteiger partial charge on any atom is 0.129 e. The molecule has 1 unspecified atom stereocenters. The number of carbonyl (C=O) groups excluding carboxylic acids is 1. The lowest BCUT2D eigenvalue weighted by Gasteiger charge is -2.04. The smallest absolute Gasteiger partial charge is 0.129 e. The number of allylic oxidation sites excluding steroid dienone is 2. The lowest BCUT2D eigenvalue weighted by atomic mass is 10.2. The number of Topliss-reactive ketones (excluding diaryl/α,β-unsaturated/α-hetero) is 1. The van der Waals surface area contributed by atoms with Crippen LogP contribution in [-0.4, -0.2) is 16.8 Å². The molecule has 18 heavy (non-hydrogen) atoms. The van der Waals surface area contributed by atoms with Gasteiger partial charge >= 0.3 is 0 Å². The fraction of sp³-hybridized carbons (Fsp3) is 0.812. The summed E-state index contributed by atoms with van der Waals surface area (Å²) in [6, 6.07) is 0. The first-order chi connectivity index (χ1) is 8.58. The number of ketones is 1. The summed E-state index contributed by atoms with van der Waals surface area (Å²) in [6.45, 7) is 10.5. The Kier molecular flexibility index (Phi) is 18.7. The number of rotatable bonds is 9. The zero-order valence-corrected chi connectivity index (χ0v) is 13.8. The van der Waals surface area contributed by atoms with Crippen LogP contribution < -0.4 is 0 Å². The van der Waals surface area contributed by atoms with E-state index in [2.05, 4.69) is 39.8 Å². The van der Waals surface area contributed by atoms with Gasteiger partial charge in [-0.15, -0.1) is 0 Å². The highest BCUT2D eigenvalue weighted by molar-refractivity contribution is 7.99. The first-order valence-corrected chi connectivity index (χ1v) is 8.39. The van der Waals surface area contributed by atoms with Gasteiger partial charge < -0.3 is 4.79 Å². The molecule has 0 rings (SSSR count). The Morgan fingerprint density at radius 2 is 1.83 bits per heavy atom. The highest BCUT2D eigenvalue weighted by atomic mass is 32.2. The highest BCUT2D eigenvalue weighted by Crippen LogP contribution is 2.13. The molecule has 0 heterocycles. The summed E-state index contributed by atoms with van der Waals surface area (Å²) < 4.78 is 0. The molecule has 0 N–H and O–H groups in total. The quantitative estimate of drug-likeness (QED) is 0.399. The first kappa shape index (κ1) is 20.1. The van der Waals surface area contributed by atoms with E-state index in [1.807, 2.05) is 11.8 Å². The minimum absolute atomic E-state index is 0.318. The van der Waals surface area contributed by atoms with Gasteiger partial charge in [0.25, 0.3) is 0 Å². The second-order valence-electron chi connectivity index (χ2n) is 4.54. The van der Waals surface area contributed by atoms with Gasteiger partial charge in [0.15, 0.2) is 0 Å². The average molecular weight is 272 g/mol. The Labute approximate surface area is 119 Å². The SMILES string of the molecule is CCC=CCC(C)SCC.CCCCCC(C)=O. The van der Waals surface area contributed by atoms with Crippen LogP contribution in [0.2, 0.25) is 0 Å². The molecule has 0 radical (unpaired) electrons. The molecule has 108 valence electrons. The second-order valence-corrected chi connectivity index (χ2v) is 6.26. The van der Waals surface area contributed by atoms with Gasteiger partial charge in [-0.3, -0.25) is 0 Å². The van der Waals surface area contributed by atoms with Crippen LogP contribution in [0.5, 0.6) is 0 Å². The minimum Gasteiger partial charge on any atom is -0.300 e. The Hall–Kier alpha value is -0.240. The fourth-order valence-electron chi connectivity index (χ4n) is 1.43. The normalized spacial score (nSPS) is 12.1. The van der Waals surface area contributed by atoms with E-state index < -0.39 is 0 Å². The Balaban J connectivity index is 0. The molecular formula is C16H32OS. The van der Waals surface area contributed by atoms with Gasteiger partial charge in [-0.1, -0.05) is 52.7 Å². The van der Waals surface area contributed by atoms with Crippen LogP contribution >= 0.6 is 11.8 Å². The van der Waals surface area contributed by atoms with Crippen LogP contribution in [0.1, 0.15) is 73.1 Å². The van der Waals surface area contributed by atoms with Crippen molar-refractivity contribution in [2.24, 2.45) is 0 Å². The van der Waals surface area contributed by atoms with E-state index in [9.17, 15) is 4.79 Å². The number of unbranched alkanes of at least 4 members (excludes halogenated alkanes) is 2. The van der Waals surface area contributed by atoms with Crippen LogP contribution in [0.3, 0.4) is 0 Å². The van der Waals surface area contributed by atoms with E-state index >= 15 is 0 Å². The van der Waals surface area contributed by atoms with Gasteiger partial charge in [0, 0.05) is 11.7 Å². The van der Waals surface area contributed by atoms with E-state index in [0.717, 1.165) is 18.1 Å². The molecule has 0 aliphatic carbocycles.